The van der Waals surface area contributed by atoms with Crippen LogP contribution < -0.4 is 10.1 Å². The van der Waals surface area contributed by atoms with Gasteiger partial charge in [0, 0.05) is 13.1 Å². The molecule has 1 atom stereocenters. The first-order chi connectivity index (χ1) is 13.0. The van der Waals surface area contributed by atoms with Crippen molar-refractivity contribution in [2.24, 2.45) is 0 Å². The summed E-state index contributed by atoms with van der Waals surface area (Å²) in [6.07, 6.45) is 0.849. The third-order valence-corrected chi connectivity index (χ3v) is 4.36. The molecule has 0 saturated carbocycles. The van der Waals surface area contributed by atoms with E-state index in [0.717, 1.165) is 17.5 Å². The summed E-state index contributed by atoms with van der Waals surface area (Å²) < 4.78 is 5.71. The van der Waals surface area contributed by atoms with E-state index in [4.69, 9.17) is 4.74 Å². The number of benzene rings is 2. The third kappa shape index (κ3) is 6.13. The van der Waals surface area contributed by atoms with Crippen LogP contribution in [0.3, 0.4) is 0 Å². The monoisotopic (exact) mass is 368 g/mol. The van der Waals surface area contributed by atoms with Crippen LogP contribution in [-0.4, -0.2) is 35.9 Å². The number of nitrogens with zero attached hydrogens (tertiary/aromatic N) is 1. The van der Waals surface area contributed by atoms with E-state index in [1.807, 2.05) is 68.4 Å². The van der Waals surface area contributed by atoms with Crippen LogP contribution >= 0.6 is 0 Å². The number of nitrogens with one attached hydrogen (secondary N) is 1. The maximum absolute atomic E-state index is 12.9. The molecule has 0 aliphatic carbocycles. The highest BCUT2D eigenvalue weighted by Gasteiger charge is 2.26. The first kappa shape index (κ1) is 20.5. The SMILES string of the molecule is CCCNC(=O)[C@H](C)N(Cc1ccccc1)C(=O)COc1ccccc1C. The Bertz CT molecular complexity index is 746. The van der Waals surface area contributed by atoms with Crippen molar-refractivity contribution in [3.8, 4) is 5.75 Å². The van der Waals surface area contributed by atoms with Gasteiger partial charge in [-0.1, -0.05) is 55.5 Å². The lowest BCUT2D eigenvalue weighted by molar-refractivity contribution is -0.142. The van der Waals surface area contributed by atoms with Crippen molar-refractivity contribution in [1.82, 2.24) is 10.2 Å². The van der Waals surface area contributed by atoms with Crippen molar-refractivity contribution in [1.29, 1.82) is 0 Å². The van der Waals surface area contributed by atoms with E-state index in [0.29, 0.717) is 18.8 Å². The van der Waals surface area contributed by atoms with Crippen molar-refractivity contribution in [2.45, 2.75) is 39.8 Å². The second-order valence-corrected chi connectivity index (χ2v) is 6.53. The Kier molecular flexibility index (Phi) is 7.86. The van der Waals surface area contributed by atoms with E-state index in [2.05, 4.69) is 5.32 Å². The number of ether oxygens (including phenoxy) is 1. The number of carbonyl (C=O) groups excluding carboxylic acids is 2. The summed E-state index contributed by atoms with van der Waals surface area (Å²) in [7, 11) is 0. The summed E-state index contributed by atoms with van der Waals surface area (Å²) in [5, 5.41) is 2.86. The molecule has 5 nitrogen and oxygen atoms in total. The van der Waals surface area contributed by atoms with Gasteiger partial charge in [0.25, 0.3) is 5.91 Å². The van der Waals surface area contributed by atoms with Crippen LogP contribution in [0.4, 0.5) is 0 Å². The van der Waals surface area contributed by atoms with Crippen LogP contribution in [0.5, 0.6) is 5.75 Å². The molecule has 0 aliphatic rings. The first-order valence-corrected chi connectivity index (χ1v) is 9.32. The van der Waals surface area contributed by atoms with Gasteiger partial charge in [-0.15, -0.1) is 0 Å². The largest absolute Gasteiger partial charge is 0.484 e. The van der Waals surface area contributed by atoms with Gasteiger partial charge in [-0.3, -0.25) is 9.59 Å². The highest BCUT2D eigenvalue weighted by molar-refractivity contribution is 5.87. The molecule has 0 heterocycles. The van der Waals surface area contributed by atoms with E-state index in [1.54, 1.807) is 11.8 Å². The molecule has 0 saturated heterocycles. The Labute approximate surface area is 161 Å². The van der Waals surface area contributed by atoms with Gasteiger partial charge in [-0.05, 0) is 37.5 Å². The molecule has 5 heteroatoms. The summed E-state index contributed by atoms with van der Waals surface area (Å²) in [4.78, 5) is 26.9. The minimum atomic E-state index is -0.579. The van der Waals surface area contributed by atoms with Crippen LogP contribution in [-0.2, 0) is 16.1 Å². The number of para-hydroxylation sites is 1. The fourth-order valence-electron chi connectivity index (χ4n) is 2.70. The predicted molar refractivity (Wildman–Crippen MR) is 106 cm³/mol. The Morgan fingerprint density at radius 3 is 2.41 bits per heavy atom. The van der Waals surface area contributed by atoms with Gasteiger partial charge >= 0.3 is 0 Å². The molecular weight excluding hydrogens is 340 g/mol. The standard InChI is InChI=1S/C22H28N2O3/c1-4-14-23-22(26)18(3)24(15-19-11-6-5-7-12-19)21(25)16-27-20-13-9-8-10-17(20)2/h5-13,18H,4,14-16H2,1-3H3,(H,23,26)/t18-/m0/s1. The van der Waals surface area contributed by atoms with Crippen LogP contribution in [0, 0.1) is 6.92 Å². The minimum Gasteiger partial charge on any atom is -0.484 e. The molecule has 0 fully saturated rings. The molecule has 0 unspecified atom stereocenters. The zero-order chi connectivity index (χ0) is 19.6. The lowest BCUT2D eigenvalue weighted by atomic mass is 10.1. The molecule has 2 aromatic carbocycles. The van der Waals surface area contributed by atoms with Crippen LogP contribution in [0.25, 0.3) is 0 Å². The lowest BCUT2D eigenvalue weighted by Crippen LogP contribution is -2.49. The molecule has 2 amide bonds. The first-order valence-electron chi connectivity index (χ1n) is 9.32. The van der Waals surface area contributed by atoms with Crippen molar-refractivity contribution in [3.05, 3.63) is 65.7 Å². The summed E-state index contributed by atoms with van der Waals surface area (Å²) in [6, 6.07) is 16.6. The molecule has 2 rings (SSSR count). The van der Waals surface area contributed by atoms with Crippen molar-refractivity contribution >= 4 is 11.8 Å². The number of amides is 2. The van der Waals surface area contributed by atoms with Crippen LogP contribution in [0.2, 0.25) is 0 Å². The zero-order valence-corrected chi connectivity index (χ0v) is 16.3. The highest BCUT2D eigenvalue weighted by atomic mass is 16.5. The number of hydrogen-bond donors (Lipinski definition) is 1. The fourth-order valence-corrected chi connectivity index (χ4v) is 2.70. The molecule has 1 N–H and O–H groups in total. The van der Waals surface area contributed by atoms with Gasteiger partial charge in [0.1, 0.15) is 11.8 Å². The second kappa shape index (κ2) is 10.4. The van der Waals surface area contributed by atoms with Crippen molar-refractivity contribution in [2.75, 3.05) is 13.2 Å². The Hall–Kier alpha value is -2.82. The quantitative estimate of drug-likeness (QED) is 0.739. The summed E-state index contributed by atoms with van der Waals surface area (Å²) in [5.74, 6) is 0.298. The molecule has 0 aliphatic heterocycles. The molecule has 144 valence electrons. The van der Waals surface area contributed by atoms with Gasteiger partial charge in [0.05, 0.1) is 0 Å². The second-order valence-electron chi connectivity index (χ2n) is 6.53. The average Bonchev–Trinajstić information content (AvgIpc) is 2.69. The maximum atomic E-state index is 12.9. The third-order valence-electron chi connectivity index (χ3n) is 4.36. The number of hydrogen-bond acceptors (Lipinski definition) is 3. The van der Waals surface area contributed by atoms with E-state index in [1.165, 1.54) is 0 Å². The molecular formula is C22H28N2O3. The maximum Gasteiger partial charge on any atom is 0.261 e. The Morgan fingerprint density at radius 1 is 1.07 bits per heavy atom. The Balaban J connectivity index is 2.11. The minimum absolute atomic E-state index is 0.108. The normalized spacial score (nSPS) is 11.5. The molecule has 0 radical (unpaired) electrons. The number of carbonyl (C=O) groups is 2. The van der Waals surface area contributed by atoms with Gasteiger partial charge in [0.2, 0.25) is 5.91 Å². The molecule has 0 aromatic heterocycles. The van der Waals surface area contributed by atoms with Crippen molar-refractivity contribution < 1.29 is 14.3 Å². The van der Waals surface area contributed by atoms with E-state index in [-0.39, 0.29) is 18.4 Å². The van der Waals surface area contributed by atoms with Gasteiger partial charge < -0.3 is 15.0 Å². The smallest absolute Gasteiger partial charge is 0.261 e. The van der Waals surface area contributed by atoms with Gasteiger partial charge in [-0.25, -0.2) is 0 Å². The fraction of sp³-hybridized carbons (Fsp3) is 0.364. The number of aryl methyl sites for hydroxylation is 1. The molecule has 0 spiro atoms. The van der Waals surface area contributed by atoms with Gasteiger partial charge in [0.15, 0.2) is 6.61 Å². The molecule has 27 heavy (non-hydrogen) atoms. The summed E-state index contributed by atoms with van der Waals surface area (Å²) >= 11 is 0. The zero-order valence-electron chi connectivity index (χ0n) is 16.3. The summed E-state index contributed by atoms with van der Waals surface area (Å²) in [5.41, 5.74) is 1.94. The predicted octanol–water partition coefficient (Wildman–Crippen LogP) is 3.32. The highest BCUT2D eigenvalue weighted by Crippen LogP contribution is 2.17. The molecule has 0 bridgehead atoms. The van der Waals surface area contributed by atoms with Crippen molar-refractivity contribution in [3.63, 3.8) is 0 Å². The number of rotatable bonds is 9. The van der Waals surface area contributed by atoms with E-state index >= 15 is 0 Å². The van der Waals surface area contributed by atoms with Gasteiger partial charge in [-0.2, -0.15) is 0 Å². The van der Waals surface area contributed by atoms with Crippen LogP contribution in [0.1, 0.15) is 31.4 Å². The van der Waals surface area contributed by atoms with E-state index in [9.17, 15) is 9.59 Å². The lowest BCUT2D eigenvalue weighted by Gasteiger charge is -2.28. The summed E-state index contributed by atoms with van der Waals surface area (Å²) in [6.45, 7) is 6.52. The molecule has 2 aromatic rings. The van der Waals surface area contributed by atoms with Crippen LogP contribution in [0.15, 0.2) is 54.6 Å². The topological polar surface area (TPSA) is 58.6 Å². The van der Waals surface area contributed by atoms with E-state index < -0.39 is 6.04 Å². The average molecular weight is 368 g/mol. The Morgan fingerprint density at radius 2 is 1.74 bits per heavy atom.